The van der Waals surface area contributed by atoms with Crippen molar-refractivity contribution < 1.29 is 29.0 Å². The Hall–Kier alpha value is -2.95. The average molecular weight is 562 g/mol. The number of ether oxygens (including phenoxy) is 2. The van der Waals surface area contributed by atoms with Crippen LogP contribution < -0.4 is 5.32 Å². The summed E-state index contributed by atoms with van der Waals surface area (Å²) >= 11 is 0. The zero-order chi connectivity index (χ0) is 30.0. The van der Waals surface area contributed by atoms with Crippen LogP contribution in [0.2, 0.25) is 0 Å². The number of piperidine rings is 1. The molecule has 0 radical (unpaired) electrons. The first-order valence-electron chi connectivity index (χ1n) is 14.2. The summed E-state index contributed by atoms with van der Waals surface area (Å²) < 4.78 is 11.0. The number of amides is 2. The number of aliphatic carboxylic acids is 1. The molecule has 2 atom stereocenters. The highest BCUT2D eigenvalue weighted by molar-refractivity contribution is 5.99. The molecule has 40 heavy (non-hydrogen) atoms. The molecule has 2 fully saturated rings. The van der Waals surface area contributed by atoms with Gasteiger partial charge in [-0.2, -0.15) is 0 Å². The molecule has 0 aromatic carbocycles. The van der Waals surface area contributed by atoms with Crippen molar-refractivity contribution in [3.63, 3.8) is 0 Å². The van der Waals surface area contributed by atoms with E-state index >= 15 is 0 Å². The SMILES string of the molecule is COC1CC(Nc2nc(C(C)(C)C)ncc2C(=O)N(CC(C)C)C2CC(C(=O)O)CN(C(=O)OC(C)(C)C)C2)C1. The van der Waals surface area contributed by atoms with E-state index in [1.807, 2.05) is 34.6 Å². The van der Waals surface area contributed by atoms with Gasteiger partial charge in [0.25, 0.3) is 5.91 Å². The van der Waals surface area contributed by atoms with Gasteiger partial charge in [-0.15, -0.1) is 0 Å². The number of hydrogen-bond donors (Lipinski definition) is 2. The number of carboxylic acid groups (broad SMARTS) is 1. The third-order valence-electron chi connectivity index (χ3n) is 7.15. The van der Waals surface area contributed by atoms with Crippen LogP contribution in [0.5, 0.6) is 0 Å². The van der Waals surface area contributed by atoms with Crippen LogP contribution in [-0.4, -0.2) is 93.4 Å². The lowest BCUT2D eigenvalue weighted by Crippen LogP contribution is -2.56. The first-order valence-corrected chi connectivity index (χ1v) is 14.2. The molecule has 3 rings (SSSR count). The van der Waals surface area contributed by atoms with Gasteiger partial charge in [-0.25, -0.2) is 14.8 Å². The number of aromatic nitrogens is 2. The van der Waals surface area contributed by atoms with Gasteiger partial charge in [-0.05, 0) is 46.0 Å². The predicted molar refractivity (Wildman–Crippen MR) is 151 cm³/mol. The molecule has 2 aliphatic rings. The fourth-order valence-electron chi connectivity index (χ4n) is 4.98. The normalized spacial score (nSPS) is 23.4. The maximum absolute atomic E-state index is 14.3. The second kappa shape index (κ2) is 12.3. The van der Waals surface area contributed by atoms with Crippen LogP contribution >= 0.6 is 0 Å². The van der Waals surface area contributed by atoms with Crippen molar-refractivity contribution in [1.29, 1.82) is 0 Å². The fourth-order valence-corrected chi connectivity index (χ4v) is 4.98. The van der Waals surface area contributed by atoms with Crippen molar-refractivity contribution >= 4 is 23.8 Å². The molecule has 0 bridgehead atoms. The molecule has 2 amide bonds. The number of carboxylic acids is 1. The Labute approximate surface area is 238 Å². The van der Waals surface area contributed by atoms with Crippen molar-refractivity contribution in [2.24, 2.45) is 11.8 Å². The van der Waals surface area contributed by atoms with Crippen molar-refractivity contribution in [3.8, 4) is 0 Å². The van der Waals surface area contributed by atoms with Crippen LogP contribution in [0.1, 0.15) is 90.8 Å². The molecule has 1 aromatic heterocycles. The lowest BCUT2D eigenvalue weighted by Gasteiger charge is -2.42. The minimum Gasteiger partial charge on any atom is -0.481 e. The van der Waals surface area contributed by atoms with Crippen LogP contribution in [0.25, 0.3) is 0 Å². The monoisotopic (exact) mass is 561 g/mol. The topological polar surface area (TPSA) is 134 Å². The number of carbonyl (C=O) groups is 3. The number of rotatable bonds is 8. The number of likely N-dealkylation sites (tertiary alicyclic amines) is 1. The quantitative estimate of drug-likeness (QED) is 0.479. The van der Waals surface area contributed by atoms with Crippen LogP contribution in [0.15, 0.2) is 6.20 Å². The number of anilines is 1. The molecule has 2 N–H and O–H groups in total. The average Bonchev–Trinajstić information content (AvgIpc) is 2.81. The van der Waals surface area contributed by atoms with E-state index in [-0.39, 0.29) is 48.9 Å². The summed E-state index contributed by atoms with van der Waals surface area (Å²) in [5.41, 5.74) is -0.724. The summed E-state index contributed by atoms with van der Waals surface area (Å²) in [5.74, 6) is -0.944. The van der Waals surface area contributed by atoms with Gasteiger partial charge in [0.2, 0.25) is 0 Å². The fraction of sp³-hybridized carbons (Fsp3) is 0.759. The predicted octanol–water partition coefficient (Wildman–Crippen LogP) is 4.17. The van der Waals surface area contributed by atoms with Crippen molar-refractivity contribution in [3.05, 3.63) is 17.6 Å². The minimum absolute atomic E-state index is 0.0308. The number of hydrogen-bond acceptors (Lipinski definition) is 8. The number of nitrogens with zero attached hydrogens (tertiary/aromatic N) is 4. The van der Waals surface area contributed by atoms with Crippen LogP contribution in [0.4, 0.5) is 10.6 Å². The van der Waals surface area contributed by atoms with Gasteiger partial charge in [-0.3, -0.25) is 9.59 Å². The zero-order valence-corrected chi connectivity index (χ0v) is 25.5. The molecular weight excluding hydrogens is 514 g/mol. The molecule has 1 aromatic rings. The Morgan fingerprint density at radius 2 is 1.77 bits per heavy atom. The Balaban J connectivity index is 1.97. The molecule has 224 valence electrons. The van der Waals surface area contributed by atoms with Gasteiger partial charge in [0, 0.05) is 44.4 Å². The minimum atomic E-state index is -1.01. The van der Waals surface area contributed by atoms with E-state index in [0.717, 1.165) is 12.8 Å². The van der Waals surface area contributed by atoms with Crippen LogP contribution in [-0.2, 0) is 19.7 Å². The molecule has 11 heteroatoms. The van der Waals surface area contributed by atoms with Gasteiger partial charge in [0.15, 0.2) is 0 Å². The highest BCUT2D eigenvalue weighted by Gasteiger charge is 2.41. The maximum atomic E-state index is 14.3. The Morgan fingerprint density at radius 3 is 2.30 bits per heavy atom. The first kappa shape index (κ1) is 31.6. The largest absolute Gasteiger partial charge is 0.481 e. The molecule has 2 heterocycles. The summed E-state index contributed by atoms with van der Waals surface area (Å²) in [7, 11) is 1.69. The summed E-state index contributed by atoms with van der Waals surface area (Å²) in [6.45, 7) is 15.9. The number of nitrogens with one attached hydrogen (secondary N) is 1. The molecule has 0 spiro atoms. The molecule has 1 saturated heterocycles. The van der Waals surface area contributed by atoms with E-state index < -0.39 is 29.6 Å². The Morgan fingerprint density at radius 1 is 1.12 bits per heavy atom. The van der Waals surface area contributed by atoms with Gasteiger partial charge in [0.1, 0.15) is 22.8 Å². The van der Waals surface area contributed by atoms with E-state index in [9.17, 15) is 19.5 Å². The van der Waals surface area contributed by atoms with Gasteiger partial charge in [0.05, 0.1) is 18.1 Å². The van der Waals surface area contributed by atoms with Crippen molar-refractivity contribution in [2.75, 3.05) is 32.1 Å². The summed E-state index contributed by atoms with van der Waals surface area (Å²) in [5, 5.41) is 13.3. The summed E-state index contributed by atoms with van der Waals surface area (Å²) in [6.07, 6.45) is 3.01. The maximum Gasteiger partial charge on any atom is 0.410 e. The third-order valence-corrected chi connectivity index (χ3v) is 7.15. The second-order valence-corrected chi connectivity index (χ2v) is 13.5. The van der Waals surface area contributed by atoms with E-state index in [2.05, 4.69) is 10.3 Å². The summed E-state index contributed by atoms with van der Waals surface area (Å²) in [4.78, 5) is 51.8. The third kappa shape index (κ3) is 8.05. The standard InChI is InChI=1S/C29H47N5O6/c1-17(2)14-34(20-10-18(25(36)37)15-33(16-20)27(38)40-29(6,7)8)24(35)22-13-30-26(28(3,4)5)32-23(22)31-19-11-21(12-19)39-9/h13,17-21H,10-12,14-16H2,1-9H3,(H,36,37)(H,30,31,32). The Bertz CT molecular complexity index is 1070. The van der Waals surface area contributed by atoms with Crippen molar-refractivity contribution in [1.82, 2.24) is 19.8 Å². The first-order chi connectivity index (χ1) is 18.5. The Kier molecular flexibility index (Phi) is 9.70. The highest BCUT2D eigenvalue weighted by Crippen LogP contribution is 2.31. The molecule has 1 saturated carbocycles. The molecular formula is C29H47N5O6. The van der Waals surface area contributed by atoms with E-state index in [4.69, 9.17) is 14.5 Å². The van der Waals surface area contributed by atoms with Crippen LogP contribution in [0, 0.1) is 11.8 Å². The molecule has 2 unspecified atom stereocenters. The number of carbonyl (C=O) groups excluding carboxylic acids is 2. The zero-order valence-electron chi connectivity index (χ0n) is 25.5. The molecule has 1 aliphatic heterocycles. The van der Waals surface area contributed by atoms with Gasteiger partial charge in [-0.1, -0.05) is 34.6 Å². The highest BCUT2D eigenvalue weighted by atomic mass is 16.6. The lowest BCUT2D eigenvalue weighted by molar-refractivity contribution is -0.144. The smallest absolute Gasteiger partial charge is 0.410 e. The van der Waals surface area contributed by atoms with Crippen LogP contribution in [0.3, 0.4) is 0 Å². The van der Waals surface area contributed by atoms with Gasteiger partial charge < -0.3 is 29.7 Å². The van der Waals surface area contributed by atoms with E-state index in [1.165, 1.54) is 4.90 Å². The molecule has 11 nitrogen and oxygen atoms in total. The number of methoxy groups -OCH3 is 1. The molecule has 1 aliphatic carbocycles. The second-order valence-electron chi connectivity index (χ2n) is 13.5. The summed E-state index contributed by atoms with van der Waals surface area (Å²) in [6, 6.07) is -0.402. The van der Waals surface area contributed by atoms with E-state index in [1.54, 1.807) is 39.0 Å². The van der Waals surface area contributed by atoms with Gasteiger partial charge >= 0.3 is 12.1 Å². The van der Waals surface area contributed by atoms with Crippen molar-refractivity contribution in [2.45, 2.75) is 104 Å². The lowest BCUT2D eigenvalue weighted by atomic mass is 9.89. The van der Waals surface area contributed by atoms with E-state index in [0.29, 0.717) is 23.8 Å².